The van der Waals surface area contributed by atoms with Gasteiger partial charge in [0.15, 0.2) is 6.04 Å². The largest absolute Gasteiger partial charge is 0.480 e. The lowest BCUT2D eigenvalue weighted by Crippen LogP contribution is -2.43. The number of carboxylic acids is 1. The summed E-state index contributed by atoms with van der Waals surface area (Å²) in [4.78, 5) is 25.6. The third kappa shape index (κ3) is 3.03. The maximum Gasteiger partial charge on any atom is 0.328 e. The summed E-state index contributed by atoms with van der Waals surface area (Å²) in [6.45, 7) is -0.659. The molecule has 1 aromatic heterocycles. The van der Waals surface area contributed by atoms with E-state index in [1.54, 1.807) is 12.1 Å². The highest BCUT2D eigenvalue weighted by molar-refractivity contribution is 5.94. The Morgan fingerprint density at radius 3 is 2.67 bits per heavy atom. The highest BCUT2D eigenvalue weighted by atomic mass is 16.4. The first kappa shape index (κ1) is 11.1. The fraction of sp³-hybridized carbons (Fsp3) is 0.222. The highest BCUT2D eigenvalue weighted by Crippen LogP contribution is 1.94. The van der Waals surface area contributed by atoms with Gasteiger partial charge in [0.25, 0.3) is 5.91 Å². The van der Waals surface area contributed by atoms with Crippen molar-refractivity contribution in [2.75, 3.05) is 6.61 Å². The summed E-state index contributed by atoms with van der Waals surface area (Å²) in [5.74, 6) is -1.92. The molecule has 0 spiro atoms. The molecule has 1 aromatic rings. The van der Waals surface area contributed by atoms with Crippen LogP contribution in [0.25, 0.3) is 0 Å². The number of rotatable bonds is 4. The van der Waals surface area contributed by atoms with E-state index in [1.165, 1.54) is 12.3 Å². The van der Waals surface area contributed by atoms with Gasteiger partial charge in [-0.05, 0) is 12.1 Å². The number of aliphatic hydroxyl groups excluding tert-OH is 1. The number of aromatic nitrogens is 1. The van der Waals surface area contributed by atoms with Crippen LogP contribution < -0.4 is 5.32 Å². The maximum absolute atomic E-state index is 11.4. The summed E-state index contributed by atoms with van der Waals surface area (Å²) in [7, 11) is 0. The normalized spacial score (nSPS) is 11.8. The molecule has 1 atom stereocenters. The summed E-state index contributed by atoms with van der Waals surface area (Å²) >= 11 is 0. The Bertz CT molecular complexity index is 352. The van der Waals surface area contributed by atoms with Crippen molar-refractivity contribution in [1.82, 2.24) is 10.3 Å². The van der Waals surface area contributed by atoms with Gasteiger partial charge < -0.3 is 15.5 Å². The van der Waals surface area contributed by atoms with Crippen LogP contribution >= 0.6 is 0 Å². The zero-order valence-electron chi connectivity index (χ0n) is 7.75. The van der Waals surface area contributed by atoms with Crippen LogP contribution in [0.4, 0.5) is 0 Å². The number of carbonyl (C=O) groups is 2. The van der Waals surface area contributed by atoms with Crippen LogP contribution in [0.15, 0.2) is 24.4 Å². The minimum atomic E-state index is -1.31. The van der Waals surface area contributed by atoms with E-state index in [4.69, 9.17) is 10.2 Å². The molecule has 1 rings (SSSR count). The molecule has 0 saturated carbocycles. The van der Waals surface area contributed by atoms with E-state index in [9.17, 15) is 9.59 Å². The Kier molecular flexibility index (Phi) is 3.75. The number of aliphatic hydroxyl groups is 1. The molecule has 0 saturated heterocycles. The summed E-state index contributed by atoms with van der Waals surface area (Å²) < 4.78 is 0. The lowest BCUT2D eigenvalue weighted by molar-refractivity contribution is -0.140. The van der Waals surface area contributed by atoms with E-state index in [2.05, 4.69) is 10.3 Å². The van der Waals surface area contributed by atoms with Gasteiger partial charge in [0.05, 0.1) is 6.61 Å². The predicted octanol–water partition coefficient (Wildman–Crippen LogP) is -0.743. The molecular weight excluding hydrogens is 200 g/mol. The van der Waals surface area contributed by atoms with Crippen LogP contribution in [0.5, 0.6) is 0 Å². The van der Waals surface area contributed by atoms with Crippen LogP contribution in [-0.2, 0) is 4.79 Å². The Morgan fingerprint density at radius 1 is 1.47 bits per heavy atom. The molecule has 1 amide bonds. The summed E-state index contributed by atoms with van der Waals surface area (Å²) in [6, 6.07) is 3.39. The molecule has 80 valence electrons. The molecule has 0 bridgehead atoms. The second-order valence-electron chi connectivity index (χ2n) is 2.76. The lowest BCUT2D eigenvalue weighted by Gasteiger charge is -2.10. The Labute approximate surface area is 85.6 Å². The molecule has 6 nitrogen and oxygen atoms in total. The van der Waals surface area contributed by atoms with Crippen molar-refractivity contribution < 1.29 is 19.8 Å². The molecule has 0 radical (unpaired) electrons. The molecular formula is C9H10N2O4. The zero-order chi connectivity index (χ0) is 11.3. The van der Waals surface area contributed by atoms with E-state index in [0.717, 1.165) is 0 Å². The van der Waals surface area contributed by atoms with Crippen molar-refractivity contribution >= 4 is 11.9 Å². The molecule has 0 aliphatic carbocycles. The number of carboxylic acid groups (broad SMARTS) is 1. The second kappa shape index (κ2) is 5.06. The number of nitrogens with zero attached hydrogens (tertiary/aromatic N) is 1. The molecule has 1 heterocycles. The van der Waals surface area contributed by atoms with Gasteiger partial charge in [-0.2, -0.15) is 0 Å². The summed E-state index contributed by atoms with van der Waals surface area (Å²) in [5, 5.41) is 19.4. The Balaban J connectivity index is 2.67. The molecule has 3 N–H and O–H groups in total. The minimum absolute atomic E-state index is 0.109. The quantitative estimate of drug-likeness (QED) is 0.607. The molecule has 0 fully saturated rings. The number of aliphatic carboxylic acids is 1. The molecule has 0 unspecified atom stereocenters. The van der Waals surface area contributed by atoms with Crippen molar-refractivity contribution in [1.29, 1.82) is 0 Å². The van der Waals surface area contributed by atoms with Crippen LogP contribution in [0.2, 0.25) is 0 Å². The van der Waals surface area contributed by atoms with Crippen molar-refractivity contribution in [2.24, 2.45) is 0 Å². The highest BCUT2D eigenvalue weighted by Gasteiger charge is 2.19. The Morgan fingerprint density at radius 2 is 2.20 bits per heavy atom. The van der Waals surface area contributed by atoms with Crippen LogP contribution in [0.3, 0.4) is 0 Å². The van der Waals surface area contributed by atoms with Crippen LogP contribution in [0, 0.1) is 0 Å². The Hall–Kier alpha value is -1.95. The SMILES string of the molecule is O=C(N[C@H](CO)C(=O)O)c1ccccn1. The van der Waals surface area contributed by atoms with Crippen molar-refractivity contribution in [3.8, 4) is 0 Å². The molecule has 6 heteroatoms. The molecule has 0 aromatic carbocycles. The first-order valence-corrected chi connectivity index (χ1v) is 4.20. The number of nitrogens with one attached hydrogen (secondary N) is 1. The van der Waals surface area contributed by atoms with Gasteiger partial charge in [-0.15, -0.1) is 0 Å². The second-order valence-corrected chi connectivity index (χ2v) is 2.76. The molecule has 15 heavy (non-hydrogen) atoms. The van der Waals surface area contributed by atoms with Gasteiger partial charge in [-0.25, -0.2) is 4.79 Å². The smallest absolute Gasteiger partial charge is 0.328 e. The average molecular weight is 210 g/mol. The van der Waals surface area contributed by atoms with Gasteiger partial charge in [0.2, 0.25) is 0 Å². The van der Waals surface area contributed by atoms with Crippen molar-refractivity contribution in [2.45, 2.75) is 6.04 Å². The first-order valence-electron chi connectivity index (χ1n) is 4.20. The van der Waals surface area contributed by atoms with Crippen molar-refractivity contribution in [3.63, 3.8) is 0 Å². The fourth-order valence-corrected chi connectivity index (χ4v) is 0.915. The van der Waals surface area contributed by atoms with E-state index in [-0.39, 0.29) is 5.69 Å². The van der Waals surface area contributed by atoms with E-state index in [1.807, 2.05) is 0 Å². The number of carbonyl (C=O) groups excluding carboxylic acids is 1. The standard InChI is InChI=1S/C9H10N2O4/c12-5-7(9(14)15)11-8(13)6-3-1-2-4-10-6/h1-4,7,12H,5H2,(H,11,13)(H,14,15)/t7-/m1/s1. The van der Waals surface area contributed by atoms with E-state index in [0.29, 0.717) is 0 Å². The maximum atomic E-state index is 11.4. The summed E-state index contributed by atoms with van der Waals surface area (Å²) in [5.41, 5.74) is 0.109. The summed E-state index contributed by atoms with van der Waals surface area (Å²) in [6.07, 6.45) is 1.42. The van der Waals surface area contributed by atoms with Crippen LogP contribution in [-0.4, -0.2) is 39.7 Å². The number of hydrogen-bond acceptors (Lipinski definition) is 4. The molecule has 0 aliphatic rings. The predicted molar refractivity (Wildman–Crippen MR) is 50.2 cm³/mol. The zero-order valence-corrected chi connectivity index (χ0v) is 7.75. The number of pyridine rings is 1. The van der Waals surface area contributed by atoms with E-state index < -0.39 is 24.5 Å². The van der Waals surface area contributed by atoms with Gasteiger partial charge in [0, 0.05) is 6.20 Å². The van der Waals surface area contributed by atoms with E-state index >= 15 is 0 Å². The monoisotopic (exact) mass is 210 g/mol. The first-order chi connectivity index (χ1) is 7.15. The van der Waals surface area contributed by atoms with Crippen molar-refractivity contribution in [3.05, 3.63) is 30.1 Å². The molecule has 0 aliphatic heterocycles. The topological polar surface area (TPSA) is 99.5 Å². The van der Waals surface area contributed by atoms with Crippen LogP contribution in [0.1, 0.15) is 10.5 Å². The number of amides is 1. The van der Waals surface area contributed by atoms with Gasteiger partial charge >= 0.3 is 5.97 Å². The van der Waals surface area contributed by atoms with Gasteiger partial charge in [-0.3, -0.25) is 9.78 Å². The fourth-order valence-electron chi connectivity index (χ4n) is 0.915. The van der Waals surface area contributed by atoms with Gasteiger partial charge in [-0.1, -0.05) is 6.07 Å². The third-order valence-corrected chi connectivity index (χ3v) is 1.68. The lowest BCUT2D eigenvalue weighted by atomic mass is 10.3. The van der Waals surface area contributed by atoms with Gasteiger partial charge in [0.1, 0.15) is 5.69 Å². The number of hydrogen-bond donors (Lipinski definition) is 3. The minimum Gasteiger partial charge on any atom is -0.480 e. The average Bonchev–Trinajstić information content (AvgIpc) is 2.26. The third-order valence-electron chi connectivity index (χ3n) is 1.68.